The molecule has 4 aliphatic rings. The van der Waals surface area contributed by atoms with Crippen molar-refractivity contribution in [3.05, 3.63) is 107 Å². The van der Waals surface area contributed by atoms with Gasteiger partial charge in [-0.05, 0) is 66.3 Å². The summed E-state index contributed by atoms with van der Waals surface area (Å²) in [5.74, 6) is 1.24. The Morgan fingerprint density at radius 2 is 1.65 bits per heavy atom. The summed E-state index contributed by atoms with van der Waals surface area (Å²) in [6, 6.07) is 22.4. The number of carbonyl (C=O) groups is 1. The average Bonchev–Trinajstić information content (AvgIpc) is 3.73. The van der Waals surface area contributed by atoms with Gasteiger partial charge < -0.3 is 24.1 Å². The summed E-state index contributed by atoms with van der Waals surface area (Å²) < 4.78 is 23.8. The van der Waals surface area contributed by atoms with E-state index in [1.165, 1.54) is 0 Å². The number of aliphatic hydroxyl groups is 1. The van der Waals surface area contributed by atoms with Gasteiger partial charge in [0.15, 0.2) is 17.6 Å². The van der Waals surface area contributed by atoms with Crippen molar-refractivity contribution in [1.82, 2.24) is 4.90 Å². The number of ether oxygens (including phenoxy) is 4. The first kappa shape index (κ1) is 25.2. The third kappa shape index (κ3) is 3.99. The fourth-order valence-corrected chi connectivity index (χ4v) is 7.12. The second kappa shape index (κ2) is 9.98. The van der Waals surface area contributed by atoms with E-state index in [-0.39, 0.29) is 18.6 Å². The zero-order valence-electron chi connectivity index (χ0n) is 22.5. The SMILES string of the molecule is COC1=C[C@@H]2[C@H](c3cc4c(cc3CCN3CCC[C@@H]23)OCO4)[C@@H]1OC(=O)C(O)(c1ccccc1)c1ccccc1. The van der Waals surface area contributed by atoms with Crippen LogP contribution in [0.5, 0.6) is 11.5 Å². The van der Waals surface area contributed by atoms with Gasteiger partial charge in [0.2, 0.25) is 12.4 Å². The summed E-state index contributed by atoms with van der Waals surface area (Å²) in [4.78, 5) is 16.8. The highest BCUT2D eigenvalue weighted by Crippen LogP contribution is 2.51. The van der Waals surface area contributed by atoms with Gasteiger partial charge in [-0.25, -0.2) is 4.79 Å². The molecule has 4 atom stereocenters. The third-order valence-corrected chi connectivity index (χ3v) is 9.05. The van der Waals surface area contributed by atoms with Crippen LogP contribution in [0.3, 0.4) is 0 Å². The molecular weight excluding hydrogens is 506 g/mol. The quantitative estimate of drug-likeness (QED) is 0.478. The molecule has 7 rings (SSSR count). The molecular formula is C33H33NO6. The van der Waals surface area contributed by atoms with Gasteiger partial charge in [0, 0.05) is 24.4 Å². The minimum absolute atomic E-state index is 0.0798. The van der Waals surface area contributed by atoms with Gasteiger partial charge in [-0.3, -0.25) is 4.90 Å². The number of rotatable bonds is 5. The van der Waals surface area contributed by atoms with E-state index in [0.717, 1.165) is 49.2 Å². The lowest BCUT2D eigenvalue weighted by Gasteiger charge is -2.38. The van der Waals surface area contributed by atoms with Crippen molar-refractivity contribution in [3.63, 3.8) is 0 Å². The van der Waals surface area contributed by atoms with Crippen LogP contribution in [0.4, 0.5) is 0 Å². The Labute approximate surface area is 233 Å². The molecule has 0 aromatic heterocycles. The Morgan fingerprint density at radius 3 is 2.33 bits per heavy atom. The van der Waals surface area contributed by atoms with E-state index in [9.17, 15) is 9.90 Å². The number of hydrogen-bond acceptors (Lipinski definition) is 7. The maximum Gasteiger partial charge on any atom is 0.348 e. The van der Waals surface area contributed by atoms with E-state index in [1.807, 2.05) is 36.4 Å². The Morgan fingerprint density at radius 1 is 0.975 bits per heavy atom. The lowest BCUT2D eigenvalue weighted by Crippen LogP contribution is -2.44. The van der Waals surface area contributed by atoms with Gasteiger partial charge in [0.1, 0.15) is 5.76 Å². The molecule has 1 saturated heterocycles. The van der Waals surface area contributed by atoms with Gasteiger partial charge in [-0.1, -0.05) is 60.7 Å². The van der Waals surface area contributed by atoms with Crippen LogP contribution in [0.2, 0.25) is 0 Å². The molecule has 0 bridgehead atoms. The first-order chi connectivity index (χ1) is 19.6. The van der Waals surface area contributed by atoms with Crippen molar-refractivity contribution < 1.29 is 28.8 Å². The molecule has 1 N–H and O–H groups in total. The summed E-state index contributed by atoms with van der Waals surface area (Å²) in [6.07, 6.45) is 4.52. The Balaban J connectivity index is 1.33. The molecule has 1 aliphatic carbocycles. The van der Waals surface area contributed by atoms with Crippen LogP contribution in [0, 0.1) is 5.92 Å². The zero-order chi connectivity index (χ0) is 27.3. The largest absolute Gasteiger partial charge is 0.497 e. The Bertz CT molecular complexity index is 1400. The topological polar surface area (TPSA) is 77.5 Å². The van der Waals surface area contributed by atoms with E-state index in [4.69, 9.17) is 18.9 Å². The van der Waals surface area contributed by atoms with Crippen LogP contribution < -0.4 is 9.47 Å². The van der Waals surface area contributed by atoms with E-state index in [0.29, 0.717) is 28.7 Å². The summed E-state index contributed by atoms with van der Waals surface area (Å²) in [6.45, 7) is 2.21. The van der Waals surface area contributed by atoms with Crippen LogP contribution in [-0.2, 0) is 26.3 Å². The van der Waals surface area contributed by atoms with Crippen LogP contribution in [-0.4, -0.2) is 55.1 Å². The fourth-order valence-electron chi connectivity index (χ4n) is 7.12. The third-order valence-electron chi connectivity index (χ3n) is 9.05. The molecule has 3 aliphatic heterocycles. The lowest BCUT2D eigenvalue weighted by atomic mass is 9.77. The van der Waals surface area contributed by atoms with Crippen LogP contribution in [0.25, 0.3) is 0 Å². The van der Waals surface area contributed by atoms with Crippen molar-refractivity contribution in [1.29, 1.82) is 0 Å². The Hall–Kier alpha value is -3.81. The van der Waals surface area contributed by atoms with Crippen LogP contribution in [0.15, 0.2) is 84.6 Å². The van der Waals surface area contributed by atoms with Crippen molar-refractivity contribution in [2.75, 3.05) is 27.0 Å². The minimum atomic E-state index is -1.99. The first-order valence-electron chi connectivity index (χ1n) is 14.0. The summed E-state index contributed by atoms with van der Waals surface area (Å²) >= 11 is 0. The molecule has 0 radical (unpaired) electrons. The second-order valence-corrected chi connectivity index (χ2v) is 11.0. The lowest BCUT2D eigenvalue weighted by molar-refractivity contribution is -0.168. The van der Waals surface area contributed by atoms with E-state index in [1.54, 1.807) is 31.4 Å². The van der Waals surface area contributed by atoms with E-state index < -0.39 is 17.7 Å². The number of carbonyl (C=O) groups excluding carboxylic acids is 1. The van der Waals surface area contributed by atoms with E-state index in [2.05, 4.69) is 23.1 Å². The van der Waals surface area contributed by atoms with Crippen molar-refractivity contribution in [2.45, 2.75) is 42.9 Å². The van der Waals surface area contributed by atoms with Gasteiger partial charge in [-0.15, -0.1) is 0 Å². The highest BCUT2D eigenvalue weighted by atomic mass is 16.7. The maximum absolute atomic E-state index is 14.2. The van der Waals surface area contributed by atoms with Gasteiger partial charge in [-0.2, -0.15) is 0 Å². The Kier molecular flexibility index (Phi) is 6.28. The van der Waals surface area contributed by atoms with Crippen molar-refractivity contribution >= 4 is 5.97 Å². The van der Waals surface area contributed by atoms with Crippen LogP contribution >= 0.6 is 0 Å². The molecule has 3 aromatic rings. The molecule has 40 heavy (non-hydrogen) atoms. The zero-order valence-corrected chi connectivity index (χ0v) is 22.5. The van der Waals surface area contributed by atoms with Gasteiger partial charge in [0.05, 0.1) is 7.11 Å². The number of methoxy groups -OCH3 is 1. The predicted octanol–water partition coefficient (Wildman–Crippen LogP) is 4.53. The molecule has 1 fully saturated rings. The molecule has 7 heteroatoms. The number of esters is 1. The average molecular weight is 540 g/mol. The number of nitrogens with zero attached hydrogens (tertiary/aromatic N) is 1. The molecule has 3 aromatic carbocycles. The van der Waals surface area contributed by atoms with Crippen molar-refractivity contribution in [2.24, 2.45) is 5.92 Å². The number of fused-ring (bicyclic) bond motifs is 6. The highest BCUT2D eigenvalue weighted by molar-refractivity contribution is 5.86. The molecule has 0 amide bonds. The normalized spacial score (nSPS) is 25.2. The summed E-state index contributed by atoms with van der Waals surface area (Å²) in [7, 11) is 1.62. The summed E-state index contributed by atoms with van der Waals surface area (Å²) in [5.41, 5.74) is 1.17. The minimum Gasteiger partial charge on any atom is -0.497 e. The molecule has 3 heterocycles. The standard InChI is InChI=1S/C33H33NO6/c1-37-29-19-25-26-13-8-15-34(26)16-14-21-17-27-28(39-20-38-27)18-24(21)30(25)31(29)40-32(35)33(36,22-9-4-2-5-10-22)23-11-6-3-7-12-23/h2-7,9-12,17-19,25-26,30-31,36H,8,13-16,20H2,1H3/t25-,26-,30-,31+/m0/s1. The first-order valence-corrected chi connectivity index (χ1v) is 14.0. The molecule has 0 unspecified atom stereocenters. The second-order valence-electron chi connectivity index (χ2n) is 11.0. The van der Waals surface area contributed by atoms with Crippen LogP contribution in [0.1, 0.15) is 41.0 Å². The van der Waals surface area contributed by atoms with Gasteiger partial charge in [0.25, 0.3) is 0 Å². The maximum atomic E-state index is 14.2. The number of benzene rings is 3. The number of hydrogen-bond donors (Lipinski definition) is 1. The smallest absolute Gasteiger partial charge is 0.348 e. The molecule has 0 saturated carbocycles. The molecule has 0 spiro atoms. The summed E-state index contributed by atoms with van der Waals surface area (Å²) in [5, 5.41) is 12.1. The molecule has 7 nitrogen and oxygen atoms in total. The fraction of sp³-hybridized carbons (Fsp3) is 0.364. The predicted molar refractivity (Wildman–Crippen MR) is 148 cm³/mol. The van der Waals surface area contributed by atoms with E-state index >= 15 is 0 Å². The highest BCUT2D eigenvalue weighted by Gasteiger charge is 2.51. The monoisotopic (exact) mass is 539 g/mol. The van der Waals surface area contributed by atoms with Gasteiger partial charge >= 0.3 is 5.97 Å². The molecule has 206 valence electrons. The van der Waals surface area contributed by atoms with Crippen molar-refractivity contribution in [3.8, 4) is 11.5 Å².